The van der Waals surface area contributed by atoms with Crippen molar-refractivity contribution in [3.05, 3.63) is 30.1 Å². The van der Waals surface area contributed by atoms with E-state index in [0.29, 0.717) is 31.9 Å². The quantitative estimate of drug-likeness (QED) is 0.853. The molecular weight excluding hydrogens is 237 g/mol. The van der Waals surface area contributed by atoms with Crippen LogP contribution in [0.1, 0.15) is 6.42 Å². The van der Waals surface area contributed by atoms with Crippen molar-refractivity contribution in [3.8, 4) is 5.75 Å². The van der Waals surface area contributed by atoms with Gasteiger partial charge in [-0.1, -0.05) is 0 Å². The number of carbonyl (C=O) groups is 1. The van der Waals surface area contributed by atoms with Gasteiger partial charge in [-0.25, -0.2) is 4.39 Å². The molecule has 1 aliphatic rings. The summed E-state index contributed by atoms with van der Waals surface area (Å²) in [5, 5.41) is 8.99. The minimum atomic E-state index is -0.303. The average molecular weight is 253 g/mol. The summed E-state index contributed by atoms with van der Waals surface area (Å²) in [4.78, 5) is 13.2. The minimum Gasteiger partial charge on any atom is -0.492 e. The van der Waals surface area contributed by atoms with Crippen molar-refractivity contribution >= 4 is 5.91 Å². The number of halogens is 1. The van der Waals surface area contributed by atoms with Crippen LogP contribution in [0.5, 0.6) is 5.75 Å². The molecule has 0 spiro atoms. The third-order valence-electron chi connectivity index (χ3n) is 3.00. The van der Waals surface area contributed by atoms with E-state index in [2.05, 4.69) is 0 Å². The number of ether oxygens (including phenoxy) is 1. The Labute approximate surface area is 105 Å². The van der Waals surface area contributed by atoms with E-state index in [-0.39, 0.29) is 24.2 Å². The molecule has 1 amide bonds. The van der Waals surface area contributed by atoms with Gasteiger partial charge in [-0.05, 0) is 24.3 Å². The van der Waals surface area contributed by atoms with Crippen molar-refractivity contribution in [2.45, 2.75) is 6.42 Å². The summed E-state index contributed by atoms with van der Waals surface area (Å²) < 4.78 is 18.1. The van der Waals surface area contributed by atoms with Gasteiger partial charge in [-0.2, -0.15) is 0 Å². The number of rotatable bonds is 5. The first-order valence-corrected chi connectivity index (χ1v) is 5.96. The molecule has 0 saturated carbocycles. The number of hydrogen-bond acceptors (Lipinski definition) is 3. The number of benzene rings is 1. The molecule has 0 aliphatic carbocycles. The summed E-state index contributed by atoms with van der Waals surface area (Å²) in [6.07, 6.45) is 0.410. The van der Waals surface area contributed by atoms with Crippen LogP contribution < -0.4 is 4.74 Å². The molecule has 0 bridgehead atoms. The van der Waals surface area contributed by atoms with Crippen LogP contribution in [0.15, 0.2) is 24.3 Å². The Morgan fingerprint density at radius 2 is 2.11 bits per heavy atom. The van der Waals surface area contributed by atoms with E-state index >= 15 is 0 Å². The van der Waals surface area contributed by atoms with Crippen molar-refractivity contribution in [2.24, 2.45) is 5.92 Å². The first-order valence-electron chi connectivity index (χ1n) is 5.96. The zero-order valence-corrected chi connectivity index (χ0v) is 10.0. The highest BCUT2D eigenvalue weighted by molar-refractivity contribution is 5.78. The number of aliphatic hydroxyl groups excluding tert-OH is 1. The molecule has 1 saturated heterocycles. The molecule has 0 radical (unpaired) electrons. The van der Waals surface area contributed by atoms with Crippen LogP contribution in [-0.2, 0) is 4.79 Å². The standard InChI is InChI=1S/C13H16FNO3/c14-11-1-3-12(4-2-11)18-6-5-15-8-10(9-16)7-13(15)17/h1-4,10,16H,5-9H2. The third-order valence-corrected chi connectivity index (χ3v) is 3.00. The molecule has 1 atom stereocenters. The molecule has 1 N–H and O–H groups in total. The van der Waals surface area contributed by atoms with Crippen molar-refractivity contribution in [2.75, 3.05) is 26.3 Å². The van der Waals surface area contributed by atoms with Crippen molar-refractivity contribution in [1.29, 1.82) is 0 Å². The van der Waals surface area contributed by atoms with Gasteiger partial charge in [0.1, 0.15) is 18.2 Å². The van der Waals surface area contributed by atoms with Gasteiger partial charge in [0, 0.05) is 25.5 Å². The topological polar surface area (TPSA) is 49.8 Å². The van der Waals surface area contributed by atoms with Gasteiger partial charge in [0.2, 0.25) is 5.91 Å². The fourth-order valence-electron chi connectivity index (χ4n) is 2.00. The van der Waals surface area contributed by atoms with Crippen LogP contribution in [0.25, 0.3) is 0 Å². The molecule has 1 fully saturated rings. The lowest BCUT2D eigenvalue weighted by Crippen LogP contribution is -2.30. The fourth-order valence-corrected chi connectivity index (χ4v) is 2.00. The molecule has 1 aromatic carbocycles. The number of likely N-dealkylation sites (tertiary alicyclic amines) is 1. The summed E-state index contributed by atoms with van der Waals surface area (Å²) in [5.41, 5.74) is 0. The number of carbonyl (C=O) groups excluding carboxylic acids is 1. The van der Waals surface area contributed by atoms with Gasteiger partial charge in [-0.15, -0.1) is 0 Å². The number of nitrogens with zero attached hydrogens (tertiary/aromatic N) is 1. The Bertz CT molecular complexity index is 407. The average Bonchev–Trinajstić information content (AvgIpc) is 2.73. The smallest absolute Gasteiger partial charge is 0.223 e. The Kier molecular flexibility index (Phi) is 4.15. The highest BCUT2D eigenvalue weighted by Gasteiger charge is 2.28. The van der Waals surface area contributed by atoms with Gasteiger partial charge < -0.3 is 14.7 Å². The van der Waals surface area contributed by atoms with Crippen LogP contribution in [0.2, 0.25) is 0 Å². The molecule has 1 heterocycles. The summed E-state index contributed by atoms with van der Waals surface area (Å²) in [5.74, 6) is 0.379. The zero-order valence-electron chi connectivity index (χ0n) is 10.0. The molecule has 2 rings (SSSR count). The lowest BCUT2D eigenvalue weighted by Gasteiger charge is -2.16. The van der Waals surface area contributed by atoms with E-state index in [1.54, 1.807) is 17.0 Å². The third kappa shape index (κ3) is 3.20. The predicted octanol–water partition coefficient (Wildman–Crippen LogP) is 1.05. The molecule has 98 valence electrons. The molecular formula is C13H16FNO3. The van der Waals surface area contributed by atoms with E-state index in [4.69, 9.17) is 9.84 Å². The number of amides is 1. The zero-order chi connectivity index (χ0) is 13.0. The lowest BCUT2D eigenvalue weighted by atomic mass is 10.1. The van der Waals surface area contributed by atoms with Gasteiger partial charge in [0.05, 0.1) is 6.54 Å². The van der Waals surface area contributed by atoms with Gasteiger partial charge in [-0.3, -0.25) is 4.79 Å². The van der Waals surface area contributed by atoms with E-state index in [1.165, 1.54) is 12.1 Å². The molecule has 1 aliphatic heterocycles. The van der Waals surface area contributed by atoms with Crippen LogP contribution >= 0.6 is 0 Å². The minimum absolute atomic E-state index is 0.0427. The maximum absolute atomic E-state index is 12.7. The van der Waals surface area contributed by atoms with Crippen molar-refractivity contribution in [1.82, 2.24) is 4.90 Å². The largest absolute Gasteiger partial charge is 0.492 e. The van der Waals surface area contributed by atoms with E-state index in [1.807, 2.05) is 0 Å². The second-order valence-electron chi connectivity index (χ2n) is 4.39. The Morgan fingerprint density at radius 3 is 2.72 bits per heavy atom. The van der Waals surface area contributed by atoms with Gasteiger partial charge >= 0.3 is 0 Å². The van der Waals surface area contributed by atoms with Crippen LogP contribution in [0.4, 0.5) is 4.39 Å². The molecule has 18 heavy (non-hydrogen) atoms. The summed E-state index contributed by atoms with van der Waals surface area (Å²) in [6, 6.07) is 5.77. The molecule has 1 unspecified atom stereocenters. The SMILES string of the molecule is O=C1CC(CO)CN1CCOc1ccc(F)cc1. The Hall–Kier alpha value is -1.62. The highest BCUT2D eigenvalue weighted by Crippen LogP contribution is 2.17. The van der Waals surface area contributed by atoms with E-state index in [9.17, 15) is 9.18 Å². The predicted molar refractivity (Wildman–Crippen MR) is 63.7 cm³/mol. The first kappa shape index (κ1) is 12.8. The van der Waals surface area contributed by atoms with Crippen LogP contribution in [0, 0.1) is 11.7 Å². The summed E-state index contributed by atoms with van der Waals surface area (Å²) >= 11 is 0. The lowest BCUT2D eigenvalue weighted by molar-refractivity contribution is -0.128. The van der Waals surface area contributed by atoms with Crippen LogP contribution in [0.3, 0.4) is 0 Å². The molecule has 4 nitrogen and oxygen atoms in total. The van der Waals surface area contributed by atoms with E-state index in [0.717, 1.165) is 0 Å². The number of aliphatic hydroxyl groups is 1. The normalized spacial score (nSPS) is 19.3. The molecule has 1 aromatic rings. The first-order chi connectivity index (χ1) is 8.69. The van der Waals surface area contributed by atoms with E-state index < -0.39 is 0 Å². The maximum Gasteiger partial charge on any atom is 0.223 e. The fraction of sp³-hybridized carbons (Fsp3) is 0.462. The maximum atomic E-state index is 12.7. The van der Waals surface area contributed by atoms with Gasteiger partial charge in [0.25, 0.3) is 0 Å². The van der Waals surface area contributed by atoms with Crippen molar-refractivity contribution < 1.29 is 19.0 Å². The highest BCUT2D eigenvalue weighted by atomic mass is 19.1. The Balaban J connectivity index is 1.75. The van der Waals surface area contributed by atoms with Gasteiger partial charge in [0.15, 0.2) is 0 Å². The van der Waals surface area contributed by atoms with Crippen molar-refractivity contribution in [3.63, 3.8) is 0 Å². The molecule has 0 aromatic heterocycles. The second-order valence-corrected chi connectivity index (χ2v) is 4.39. The number of hydrogen-bond donors (Lipinski definition) is 1. The van der Waals surface area contributed by atoms with Crippen LogP contribution in [-0.4, -0.2) is 42.2 Å². The summed E-state index contributed by atoms with van der Waals surface area (Å²) in [7, 11) is 0. The monoisotopic (exact) mass is 253 g/mol. The molecule has 5 heteroatoms. The second kappa shape index (κ2) is 5.82. The Morgan fingerprint density at radius 1 is 1.39 bits per heavy atom. The summed E-state index contributed by atoms with van der Waals surface area (Å²) in [6.45, 7) is 1.49.